The first-order valence-corrected chi connectivity index (χ1v) is 12.7. The summed E-state index contributed by atoms with van der Waals surface area (Å²) in [5, 5.41) is 0.234. The topological polar surface area (TPSA) is 70.2 Å². The molecule has 0 unspecified atom stereocenters. The quantitative estimate of drug-likeness (QED) is 0.637. The minimum absolute atomic E-state index is 0.0488. The molecule has 10 heteroatoms. The van der Waals surface area contributed by atoms with E-state index in [1.807, 2.05) is 9.80 Å². The molecule has 7 nitrogen and oxygen atoms in total. The molecule has 2 aliphatic heterocycles. The summed E-state index contributed by atoms with van der Waals surface area (Å²) >= 11 is 6.10. The van der Waals surface area contributed by atoms with Gasteiger partial charge in [0.25, 0.3) is 0 Å². The average molecular weight is 496 g/mol. The van der Waals surface area contributed by atoms with Gasteiger partial charge in [-0.25, -0.2) is 12.8 Å². The van der Waals surface area contributed by atoms with E-state index in [0.29, 0.717) is 50.5 Å². The van der Waals surface area contributed by atoms with Crippen molar-refractivity contribution in [3.63, 3.8) is 0 Å². The normalized spacial score (nSPS) is 18.4. The molecule has 178 valence electrons. The lowest BCUT2D eigenvalue weighted by atomic mass is 9.96. The van der Waals surface area contributed by atoms with Crippen LogP contribution in [-0.2, 0) is 14.8 Å². The molecule has 2 saturated heterocycles. The van der Waals surface area contributed by atoms with Gasteiger partial charge in [0.15, 0.2) is 0 Å². The number of ether oxygens (including phenoxy) is 1. The molecule has 0 N–H and O–H groups in total. The van der Waals surface area contributed by atoms with Gasteiger partial charge >= 0.3 is 0 Å². The highest BCUT2D eigenvalue weighted by molar-refractivity contribution is 7.89. The molecule has 2 heterocycles. The molecule has 2 aromatic rings. The van der Waals surface area contributed by atoms with Crippen LogP contribution in [0.5, 0.6) is 5.75 Å². The summed E-state index contributed by atoms with van der Waals surface area (Å²) < 4.78 is 46.6. The Balaban J connectivity index is 1.33. The van der Waals surface area contributed by atoms with Gasteiger partial charge in [-0.2, -0.15) is 4.31 Å². The van der Waals surface area contributed by atoms with Crippen molar-refractivity contribution in [2.45, 2.75) is 17.7 Å². The molecule has 0 saturated carbocycles. The van der Waals surface area contributed by atoms with E-state index in [-0.39, 0.29) is 40.6 Å². The van der Waals surface area contributed by atoms with Crippen LogP contribution in [0.15, 0.2) is 47.4 Å². The number of sulfonamides is 1. The number of halogens is 2. The molecule has 2 fully saturated rings. The predicted molar refractivity (Wildman–Crippen MR) is 125 cm³/mol. The van der Waals surface area contributed by atoms with E-state index in [1.54, 1.807) is 18.2 Å². The van der Waals surface area contributed by atoms with Crippen molar-refractivity contribution in [2.75, 3.05) is 51.3 Å². The van der Waals surface area contributed by atoms with E-state index in [2.05, 4.69) is 0 Å². The number of rotatable bonds is 5. The van der Waals surface area contributed by atoms with Crippen LogP contribution in [0.25, 0.3) is 0 Å². The molecular formula is C23H27ClFN3O4S. The number of piperidine rings is 1. The van der Waals surface area contributed by atoms with Crippen LogP contribution in [0, 0.1) is 11.7 Å². The van der Waals surface area contributed by atoms with Crippen LogP contribution in [0.4, 0.5) is 10.1 Å². The molecular weight excluding hydrogens is 469 g/mol. The van der Waals surface area contributed by atoms with Gasteiger partial charge in [-0.1, -0.05) is 23.7 Å². The molecule has 1 amide bonds. The Labute approximate surface area is 198 Å². The number of hydrogen-bond acceptors (Lipinski definition) is 5. The van der Waals surface area contributed by atoms with Crippen molar-refractivity contribution in [3.05, 3.63) is 53.3 Å². The van der Waals surface area contributed by atoms with Gasteiger partial charge in [-0.05, 0) is 43.2 Å². The number of piperazine rings is 1. The van der Waals surface area contributed by atoms with Gasteiger partial charge in [0.2, 0.25) is 15.9 Å². The van der Waals surface area contributed by atoms with Crippen molar-refractivity contribution < 1.29 is 22.3 Å². The van der Waals surface area contributed by atoms with Gasteiger partial charge < -0.3 is 14.5 Å². The monoisotopic (exact) mass is 495 g/mol. The third-order valence-corrected chi connectivity index (χ3v) is 8.54. The number of methoxy groups -OCH3 is 1. The van der Waals surface area contributed by atoms with E-state index < -0.39 is 10.0 Å². The zero-order valence-electron chi connectivity index (χ0n) is 18.4. The number of nitrogens with zero attached hydrogens (tertiary/aromatic N) is 3. The second-order valence-electron chi connectivity index (χ2n) is 8.24. The lowest BCUT2D eigenvalue weighted by Crippen LogP contribution is -2.52. The molecule has 4 rings (SSSR count). The fourth-order valence-electron chi connectivity index (χ4n) is 4.43. The Morgan fingerprint density at radius 3 is 2.30 bits per heavy atom. The molecule has 0 radical (unpaired) electrons. The summed E-state index contributed by atoms with van der Waals surface area (Å²) in [5.41, 5.74) is 0.557. The van der Waals surface area contributed by atoms with Crippen LogP contribution < -0.4 is 9.64 Å². The molecule has 0 bridgehead atoms. The third-order valence-electron chi connectivity index (χ3n) is 6.35. The second-order valence-corrected chi connectivity index (χ2v) is 10.6. The Kier molecular flexibility index (Phi) is 7.11. The highest BCUT2D eigenvalue weighted by Gasteiger charge is 2.35. The van der Waals surface area contributed by atoms with Crippen LogP contribution in [0.1, 0.15) is 12.8 Å². The number of amides is 1. The fraction of sp³-hybridized carbons (Fsp3) is 0.435. The highest BCUT2D eigenvalue weighted by Crippen LogP contribution is 2.31. The van der Waals surface area contributed by atoms with Gasteiger partial charge in [0.1, 0.15) is 11.6 Å². The van der Waals surface area contributed by atoms with Gasteiger partial charge in [-0.3, -0.25) is 4.79 Å². The Morgan fingerprint density at radius 1 is 1.03 bits per heavy atom. The molecule has 2 aromatic carbocycles. The van der Waals surface area contributed by atoms with Gasteiger partial charge in [0.05, 0.1) is 22.7 Å². The first kappa shape index (κ1) is 23.8. The number of carbonyl (C=O) groups excluding carboxylic acids is 1. The average Bonchev–Trinajstić information content (AvgIpc) is 2.84. The number of para-hydroxylation sites is 1. The summed E-state index contributed by atoms with van der Waals surface area (Å²) in [5.74, 6) is -0.0114. The fourth-order valence-corrected chi connectivity index (χ4v) is 6.25. The molecule has 2 aliphatic rings. The number of benzene rings is 2. The number of hydrogen-bond donors (Lipinski definition) is 0. The largest absolute Gasteiger partial charge is 0.495 e. The van der Waals surface area contributed by atoms with Crippen LogP contribution >= 0.6 is 11.6 Å². The maximum atomic E-state index is 14.0. The van der Waals surface area contributed by atoms with E-state index in [9.17, 15) is 17.6 Å². The Morgan fingerprint density at radius 2 is 1.70 bits per heavy atom. The van der Waals surface area contributed by atoms with Crippen molar-refractivity contribution in [2.24, 2.45) is 5.92 Å². The molecule has 0 atom stereocenters. The second kappa shape index (κ2) is 9.87. The van der Waals surface area contributed by atoms with Crippen LogP contribution in [-0.4, -0.2) is 69.9 Å². The predicted octanol–water partition coefficient (Wildman–Crippen LogP) is 3.24. The summed E-state index contributed by atoms with van der Waals surface area (Å²) in [4.78, 5) is 16.9. The van der Waals surface area contributed by atoms with Crippen molar-refractivity contribution in [3.8, 4) is 5.75 Å². The third kappa shape index (κ3) is 4.95. The Bertz CT molecular complexity index is 1110. The zero-order valence-corrected chi connectivity index (χ0v) is 20.0. The van der Waals surface area contributed by atoms with E-state index >= 15 is 0 Å². The summed E-state index contributed by atoms with van der Waals surface area (Å²) in [6.07, 6.45) is 0.935. The first-order chi connectivity index (χ1) is 15.8. The SMILES string of the molecule is COc1ccc(S(=O)(=O)N2CCC(C(=O)N3CCN(c4ccccc4F)CC3)CC2)cc1Cl. The summed E-state index contributed by atoms with van der Waals surface area (Å²) in [6.45, 7) is 2.73. The Hall–Kier alpha value is -2.36. The number of carbonyl (C=O) groups is 1. The van der Waals surface area contributed by atoms with E-state index in [0.717, 1.165) is 0 Å². The number of anilines is 1. The van der Waals surface area contributed by atoms with Crippen LogP contribution in [0.2, 0.25) is 5.02 Å². The summed E-state index contributed by atoms with van der Waals surface area (Å²) in [6, 6.07) is 11.1. The van der Waals surface area contributed by atoms with Gasteiger partial charge in [0, 0.05) is 45.2 Å². The van der Waals surface area contributed by atoms with Crippen molar-refractivity contribution in [1.82, 2.24) is 9.21 Å². The first-order valence-electron chi connectivity index (χ1n) is 10.9. The highest BCUT2D eigenvalue weighted by atomic mass is 35.5. The maximum Gasteiger partial charge on any atom is 0.243 e. The standard InChI is InChI=1S/C23H27ClFN3O4S/c1-32-22-7-6-18(16-19(22)24)33(30,31)28-10-8-17(9-11-28)23(29)27-14-12-26(13-15-27)21-5-3-2-4-20(21)25/h2-7,16-17H,8-15H2,1H3. The summed E-state index contributed by atoms with van der Waals surface area (Å²) in [7, 11) is -2.23. The van der Waals surface area contributed by atoms with Crippen LogP contribution in [0.3, 0.4) is 0 Å². The lowest BCUT2D eigenvalue weighted by molar-refractivity contribution is -0.137. The minimum atomic E-state index is -3.70. The van der Waals surface area contributed by atoms with E-state index in [1.165, 1.54) is 35.7 Å². The van der Waals surface area contributed by atoms with Crippen molar-refractivity contribution in [1.29, 1.82) is 0 Å². The van der Waals surface area contributed by atoms with Crippen molar-refractivity contribution >= 4 is 33.2 Å². The minimum Gasteiger partial charge on any atom is -0.495 e. The molecule has 0 aromatic heterocycles. The van der Waals surface area contributed by atoms with E-state index in [4.69, 9.17) is 16.3 Å². The molecule has 33 heavy (non-hydrogen) atoms. The van der Waals surface area contributed by atoms with Gasteiger partial charge in [-0.15, -0.1) is 0 Å². The smallest absolute Gasteiger partial charge is 0.243 e. The maximum absolute atomic E-state index is 14.0. The zero-order chi connectivity index (χ0) is 23.6. The lowest BCUT2D eigenvalue weighted by Gasteiger charge is -2.39. The molecule has 0 spiro atoms. The molecule has 0 aliphatic carbocycles.